The minimum atomic E-state index is -0.776. The quantitative estimate of drug-likeness (QED) is 0.580. The van der Waals surface area contributed by atoms with Gasteiger partial charge in [0, 0.05) is 15.4 Å². The summed E-state index contributed by atoms with van der Waals surface area (Å²) in [6.07, 6.45) is 2.02. The third kappa shape index (κ3) is 5.09. The van der Waals surface area contributed by atoms with Gasteiger partial charge in [0.05, 0.1) is 24.3 Å². The van der Waals surface area contributed by atoms with Crippen LogP contribution in [0.5, 0.6) is 0 Å². The summed E-state index contributed by atoms with van der Waals surface area (Å²) in [6.45, 7) is 7.20. The fourth-order valence-electron chi connectivity index (χ4n) is 3.26. The van der Waals surface area contributed by atoms with Crippen molar-refractivity contribution in [3.63, 3.8) is 0 Å². The molecule has 1 aliphatic rings. The standard InChI is InChI=1S/C21H25FINO2S/c1-20(2,3)6-7-21(26)12-24(13-21)19(25)17-11-27-10-15(17)8-14-4-5-16(23)9-18(14)22/h4-5,9-11,26H,6-8,12-13H2,1-3H3. The molecule has 0 atom stereocenters. The first-order chi connectivity index (χ1) is 12.6. The van der Waals surface area contributed by atoms with Gasteiger partial charge in [-0.1, -0.05) is 26.8 Å². The number of nitrogens with zero attached hydrogens (tertiary/aromatic N) is 1. The number of carbonyl (C=O) groups is 1. The largest absolute Gasteiger partial charge is 0.386 e. The average molecular weight is 501 g/mol. The third-order valence-corrected chi connectivity index (χ3v) is 6.43. The van der Waals surface area contributed by atoms with E-state index in [0.717, 1.165) is 15.6 Å². The molecule has 2 aromatic rings. The summed E-state index contributed by atoms with van der Waals surface area (Å²) in [4.78, 5) is 14.5. The lowest BCUT2D eigenvalue weighted by Gasteiger charge is -2.47. The SMILES string of the molecule is CC(C)(C)CCC1(O)CN(C(=O)c2cscc2Cc2ccc(I)cc2F)C1. The minimum absolute atomic E-state index is 0.0717. The number of β-amino-alcohol motifs (C(OH)–C–C–N with tert-alkyl or cyclic N) is 1. The molecule has 0 unspecified atom stereocenters. The number of hydrogen-bond donors (Lipinski definition) is 1. The molecule has 3 rings (SSSR count). The van der Waals surface area contributed by atoms with Crippen LogP contribution in [0.3, 0.4) is 0 Å². The van der Waals surface area contributed by atoms with Crippen LogP contribution in [0.25, 0.3) is 0 Å². The molecule has 1 fully saturated rings. The molecule has 1 N–H and O–H groups in total. The summed E-state index contributed by atoms with van der Waals surface area (Å²) < 4.78 is 15.0. The Morgan fingerprint density at radius 1 is 1.30 bits per heavy atom. The predicted octanol–water partition coefficient (Wildman–Crippen LogP) is 5.10. The molecule has 146 valence electrons. The van der Waals surface area contributed by atoms with Gasteiger partial charge in [0.25, 0.3) is 5.91 Å². The topological polar surface area (TPSA) is 40.5 Å². The highest BCUT2D eigenvalue weighted by Gasteiger charge is 2.44. The van der Waals surface area contributed by atoms with Crippen LogP contribution in [0, 0.1) is 14.8 Å². The summed E-state index contributed by atoms with van der Waals surface area (Å²) in [5.74, 6) is -0.315. The van der Waals surface area contributed by atoms with Gasteiger partial charge in [-0.25, -0.2) is 4.39 Å². The number of amides is 1. The summed E-state index contributed by atoms with van der Waals surface area (Å²) in [7, 11) is 0. The molecule has 1 amide bonds. The summed E-state index contributed by atoms with van der Waals surface area (Å²) in [6, 6.07) is 5.16. The van der Waals surface area contributed by atoms with Crippen molar-refractivity contribution < 1.29 is 14.3 Å². The number of benzene rings is 1. The van der Waals surface area contributed by atoms with Crippen LogP contribution in [0.4, 0.5) is 4.39 Å². The van der Waals surface area contributed by atoms with Gasteiger partial charge < -0.3 is 10.0 Å². The van der Waals surface area contributed by atoms with Gasteiger partial charge in [-0.15, -0.1) is 0 Å². The van der Waals surface area contributed by atoms with Crippen molar-refractivity contribution >= 4 is 39.8 Å². The molecule has 1 aromatic heterocycles. The van der Waals surface area contributed by atoms with Crippen molar-refractivity contribution in [1.82, 2.24) is 4.90 Å². The first kappa shape index (κ1) is 20.7. The Balaban J connectivity index is 1.65. The van der Waals surface area contributed by atoms with Crippen LogP contribution >= 0.6 is 33.9 Å². The smallest absolute Gasteiger partial charge is 0.255 e. The third-order valence-electron chi connectivity index (χ3n) is 4.97. The van der Waals surface area contributed by atoms with E-state index in [2.05, 4.69) is 43.4 Å². The van der Waals surface area contributed by atoms with E-state index in [4.69, 9.17) is 0 Å². The first-order valence-corrected chi connectivity index (χ1v) is 11.1. The van der Waals surface area contributed by atoms with Gasteiger partial charge in [0.15, 0.2) is 0 Å². The highest BCUT2D eigenvalue weighted by molar-refractivity contribution is 14.1. The van der Waals surface area contributed by atoms with E-state index in [9.17, 15) is 14.3 Å². The molecule has 1 saturated heterocycles. The molecule has 0 saturated carbocycles. The molecule has 1 aliphatic heterocycles. The van der Waals surface area contributed by atoms with Gasteiger partial charge in [-0.05, 0) is 69.5 Å². The van der Waals surface area contributed by atoms with Crippen LogP contribution in [-0.2, 0) is 6.42 Å². The van der Waals surface area contributed by atoms with Crippen LogP contribution in [0.15, 0.2) is 29.0 Å². The zero-order valence-corrected chi connectivity index (χ0v) is 18.9. The molecule has 2 heterocycles. The maximum absolute atomic E-state index is 14.2. The summed E-state index contributed by atoms with van der Waals surface area (Å²) >= 11 is 3.54. The van der Waals surface area contributed by atoms with Crippen molar-refractivity contribution in [3.05, 3.63) is 55.0 Å². The van der Waals surface area contributed by atoms with Gasteiger partial charge in [-0.3, -0.25) is 4.79 Å². The second-order valence-electron chi connectivity index (χ2n) is 8.67. The number of hydrogen-bond acceptors (Lipinski definition) is 3. The molecule has 0 spiro atoms. The molecule has 6 heteroatoms. The minimum Gasteiger partial charge on any atom is -0.386 e. The monoisotopic (exact) mass is 501 g/mol. The van der Waals surface area contributed by atoms with E-state index in [1.54, 1.807) is 11.0 Å². The van der Waals surface area contributed by atoms with Crippen molar-refractivity contribution in [3.8, 4) is 0 Å². The van der Waals surface area contributed by atoms with Crippen molar-refractivity contribution in [2.24, 2.45) is 5.41 Å². The van der Waals surface area contributed by atoms with Crippen molar-refractivity contribution in [2.75, 3.05) is 13.1 Å². The lowest BCUT2D eigenvalue weighted by molar-refractivity contribution is -0.0905. The zero-order chi connectivity index (χ0) is 19.8. The van der Waals surface area contributed by atoms with Crippen LogP contribution < -0.4 is 0 Å². The molecular weight excluding hydrogens is 476 g/mol. The fraction of sp³-hybridized carbons (Fsp3) is 0.476. The number of likely N-dealkylation sites (tertiary alicyclic amines) is 1. The Morgan fingerprint density at radius 2 is 2.00 bits per heavy atom. The number of thiophene rings is 1. The number of aliphatic hydroxyl groups is 1. The Labute approximate surface area is 177 Å². The van der Waals surface area contributed by atoms with E-state index >= 15 is 0 Å². The van der Waals surface area contributed by atoms with Crippen LogP contribution in [-0.4, -0.2) is 34.6 Å². The van der Waals surface area contributed by atoms with Crippen LogP contribution in [0.1, 0.15) is 55.1 Å². The second-order valence-corrected chi connectivity index (χ2v) is 10.7. The normalized spacial score (nSPS) is 16.3. The molecule has 3 nitrogen and oxygen atoms in total. The van der Waals surface area contributed by atoms with Gasteiger partial charge in [0.1, 0.15) is 5.82 Å². The number of carbonyl (C=O) groups excluding carboxylic acids is 1. The molecule has 1 aromatic carbocycles. The molecule has 0 radical (unpaired) electrons. The predicted molar refractivity (Wildman–Crippen MR) is 116 cm³/mol. The first-order valence-electron chi connectivity index (χ1n) is 9.07. The zero-order valence-electron chi connectivity index (χ0n) is 15.9. The van der Waals surface area contributed by atoms with Gasteiger partial charge in [-0.2, -0.15) is 11.3 Å². The van der Waals surface area contributed by atoms with E-state index in [1.165, 1.54) is 17.4 Å². The van der Waals surface area contributed by atoms with Gasteiger partial charge >= 0.3 is 0 Å². The Bertz CT molecular complexity index is 837. The van der Waals surface area contributed by atoms with Crippen LogP contribution in [0.2, 0.25) is 0 Å². The summed E-state index contributed by atoms with van der Waals surface area (Å²) in [5, 5.41) is 14.4. The Morgan fingerprint density at radius 3 is 2.63 bits per heavy atom. The van der Waals surface area contributed by atoms with E-state index < -0.39 is 5.60 Å². The Hall–Kier alpha value is -0.990. The maximum atomic E-state index is 14.2. The second kappa shape index (κ2) is 7.79. The lowest BCUT2D eigenvalue weighted by Crippen LogP contribution is -2.63. The van der Waals surface area contributed by atoms with E-state index in [0.29, 0.717) is 37.1 Å². The highest BCUT2D eigenvalue weighted by Crippen LogP contribution is 2.33. The fourth-order valence-corrected chi connectivity index (χ4v) is 4.55. The van der Waals surface area contributed by atoms with Crippen molar-refractivity contribution in [1.29, 1.82) is 0 Å². The van der Waals surface area contributed by atoms with Gasteiger partial charge in [0.2, 0.25) is 0 Å². The molecule has 0 aliphatic carbocycles. The number of rotatable bonds is 5. The highest BCUT2D eigenvalue weighted by atomic mass is 127. The Kier molecular flexibility index (Phi) is 5.99. The molecule has 27 heavy (non-hydrogen) atoms. The average Bonchev–Trinajstić information content (AvgIpc) is 3.00. The summed E-state index contributed by atoms with van der Waals surface area (Å²) in [5.41, 5.74) is 1.44. The lowest BCUT2D eigenvalue weighted by atomic mass is 9.81. The van der Waals surface area contributed by atoms with Crippen molar-refractivity contribution in [2.45, 2.75) is 45.6 Å². The maximum Gasteiger partial charge on any atom is 0.255 e. The molecular formula is C21H25FINO2S. The number of halogens is 2. The van der Waals surface area contributed by atoms with E-state index in [-0.39, 0.29) is 17.1 Å². The van der Waals surface area contributed by atoms with E-state index in [1.807, 2.05) is 16.8 Å². The molecule has 0 bridgehead atoms.